The fourth-order valence-corrected chi connectivity index (χ4v) is 3.10. The minimum absolute atomic E-state index is 0. The van der Waals surface area contributed by atoms with E-state index in [2.05, 4.69) is 24.0 Å². The Hall–Kier alpha value is -1.66. The number of carbonyl (C=O) groups is 1. The van der Waals surface area contributed by atoms with Gasteiger partial charge in [-0.25, -0.2) is 4.98 Å². The normalized spacial score (nSPS) is 20.4. The Morgan fingerprint density at radius 1 is 1.43 bits per heavy atom. The number of aromatic nitrogens is 2. The molecule has 1 unspecified atom stereocenters. The lowest BCUT2D eigenvalue weighted by atomic mass is 9.79. The van der Waals surface area contributed by atoms with Gasteiger partial charge in [0.05, 0.1) is 16.6 Å². The zero-order chi connectivity index (χ0) is 16.1. The molecule has 3 heterocycles. The smallest absolute Gasteiger partial charge is 0.258 e. The van der Waals surface area contributed by atoms with Crippen molar-refractivity contribution >= 4 is 29.4 Å². The molecular formula is C16H23ClN4O2. The summed E-state index contributed by atoms with van der Waals surface area (Å²) < 4.78 is 5.21. The van der Waals surface area contributed by atoms with E-state index < -0.39 is 0 Å². The number of pyridine rings is 1. The third kappa shape index (κ3) is 3.05. The molecule has 1 aliphatic rings. The maximum absolute atomic E-state index is 13.0. The first-order valence-electron chi connectivity index (χ1n) is 7.58. The summed E-state index contributed by atoms with van der Waals surface area (Å²) in [7, 11) is 0. The van der Waals surface area contributed by atoms with Crippen LogP contribution in [0.5, 0.6) is 0 Å². The average Bonchev–Trinajstić information content (AvgIpc) is 2.81. The summed E-state index contributed by atoms with van der Waals surface area (Å²) in [4.78, 5) is 19.2. The van der Waals surface area contributed by atoms with Gasteiger partial charge in [0, 0.05) is 24.8 Å². The van der Waals surface area contributed by atoms with Crippen molar-refractivity contribution in [1.29, 1.82) is 0 Å². The van der Waals surface area contributed by atoms with Gasteiger partial charge in [-0.3, -0.25) is 4.79 Å². The SMILES string of the molecule is Cc1cc(C(=O)N2CCC(N)C(C)(C)C2)c2c(C)noc2n1.Cl. The van der Waals surface area contributed by atoms with Crippen molar-refractivity contribution in [2.75, 3.05) is 13.1 Å². The number of carbonyl (C=O) groups excluding carboxylic acids is 1. The van der Waals surface area contributed by atoms with E-state index in [1.165, 1.54) is 0 Å². The highest BCUT2D eigenvalue weighted by Crippen LogP contribution is 2.30. The van der Waals surface area contributed by atoms with E-state index in [-0.39, 0.29) is 29.8 Å². The third-order valence-corrected chi connectivity index (χ3v) is 4.57. The number of rotatable bonds is 1. The minimum atomic E-state index is -0.0845. The number of hydrogen-bond donors (Lipinski definition) is 1. The second-order valence-electron chi connectivity index (χ2n) is 6.87. The fourth-order valence-electron chi connectivity index (χ4n) is 3.10. The van der Waals surface area contributed by atoms with Crippen LogP contribution in [0, 0.1) is 19.3 Å². The molecule has 0 bridgehead atoms. The number of amides is 1. The Bertz CT molecular complexity index is 741. The molecule has 0 saturated carbocycles. The lowest BCUT2D eigenvalue weighted by Gasteiger charge is -2.42. The van der Waals surface area contributed by atoms with Crippen LogP contribution in [0.25, 0.3) is 11.1 Å². The summed E-state index contributed by atoms with van der Waals surface area (Å²) in [5, 5.41) is 4.65. The fraction of sp³-hybridized carbons (Fsp3) is 0.562. The van der Waals surface area contributed by atoms with Crippen LogP contribution < -0.4 is 5.73 Å². The molecule has 1 amide bonds. The second kappa shape index (κ2) is 6.09. The van der Waals surface area contributed by atoms with Crippen molar-refractivity contribution in [3.63, 3.8) is 0 Å². The number of nitrogens with two attached hydrogens (primary N) is 1. The zero-order valence-electron chi connectivity index (χ0n) is 13.9. The first-order valence-corrected chi connectivity index (χ1v) is 7.58. The van der Waals surface area contributed by atoms with Crippen molar-refractivity contribution in [1.82, 2.24) is 15.0 Å². The molecule has 0 aliphatic carbocycles. The average molecular weight is 339 g/mol. The zero-order valence-corrected chi connectivity index (χ0v) is 14.7. The van der Waals surface area contributed by atoms with Crippen molar-refractivity contribution in [2.45, 2.75) is 40.2 Å². The van der Waals surface area contributed by atoms with E-state index in [0.717, 1.165) is 12.1 Å². The van der Waals surface area contributed by atoms with E-state index in [9.17, 15) is 4.79 Å². The maximum atomic E-state index is 13.0. The largest absolute Gasteiger partial charge is 0.338 e. The van der Waals surface area contributed by atoms with Gasteiger partial charge < -0.3 is 15.2 Å². The highest BCUT2D eigenvalue weighted by molar-refractivity contribution is 6.06. The molecular weight excluding hydrogens is 316 g/mol. The van der Waals surface area contributed by atoms with Crippen LogP contribution in [0.2, 0.25) is 0 Å². The Kier molecular flexibility index (Phi) is 4.69. The summed E-state index contributed by atoms with van der Waals surface area (Å²) in [6.45, 7) is 9.22. The number of halogens is 1. The topological polar surface area (TPSA) is 85.2 Å². The molecule has 0 spiro atoms. The van der Waals surface area contributed by atoms with Gasteiger partial charge in [0.1, 0.15) is 0 Å². The van der Waals surface area contributed by atoms with Gasteiger partial charge in [0.25, 0.3) is 11.6 Å². The summed E-state index contributed by atoms with van der Waals surface area (Å²) in [6.07, 6.45) is 0.814. The quantitative estimate of drug-likeness (QED) is 0.863. The summed E-state index contributed by atoms with van der Waals surface area (Å²) >= 11 is 0. The van der Waals surface area contributed by atoms with Crippen molar-refractivity contribution in [3.8, 4) is 0 Å². The minimum Gasteiger partial charge on any atom is -0.338 e. The van der Waals surface area contributed by atoms with Gasteiger partial charge in [-0.15, -0.1) is 12.4 Å². The standard InChI is InChI=1S/C16H22N4O2.ClH/c1-9-7-11(13-10(2)19-22-14(13)18-9)15(21)20-6-5-12(17)16(3,4)8-20;/h7,12H,5-6,8,17H2,1-4H3;1H. The first kappa shape index (κ1) is 17.7. The van der Waals surface area contributed by atoms with Crippen LogP contribution in [0.4, 0.5) is 0 Å². The van der Waals surface area contributed by atoms with Crippen molar-refractivity contribution < 1.29 is 9.32 Å². The van der Waals surface area contributed by atoms with Crippen LogP contribution >= 0.6 is 12.4 Å². The number of hydrogen-bond acceptors (Lipinski definition) is 5. The van der Waals surface area contributed by atoms with E-state index in [0.29, 0.717) is 35.4 Å². The van der Waals surface area contributed by atoms with Crippen molar-refractivity contribution in [3.05, 3.63) is 23.0 Å². The molecule has 126 valence electrons. The molecule has 1 fully saturated rings. The summed E-state index contributed by atoms with van der Waals surface area (Å²) in [5.41, 5.74) is 8.56. The number of likely N-dealkylation sites (tertiary alicyclic amines) is 1. The van der Waals surface area contributed by atoms with Gasteiger partial charge in [0.2, 0.25) is 0 Å². The second-order valence-corrected chi connectivity index (χ2v) is 6.87. The van der Waals surface area contributed by atoms with Crippen LogP contribution in [-0.2, 0) is 0 Å². The predicted molar refractivity (Wildman–Crippen MR) is 90.8 cm³/mol. The van der Waals surface area contributed by atoms with E-state index in [1.807, 2.05) is 24.8 Å². The van der Waals surface area contributed by atoms with Gasteiger partial charge >= 0.3 is 0 Å². The molecule has 23 heavy (non-hydrogen) atoms. The lowest BCUT2D eigenvalue weighted by Crippen LogP contribution is -2.54. The highest BCUT2D eigenvalue weighted by atomic mass is 35.5. The molecule has 1 aliphatic heterocycles. The number of fused-ring (bicyclic) bond motifs is 1. The van der Waals surface area contributed by atoms with Crippen LogP contribution in [-0.4, -0.2) is 40.1 Å². The molecule has 7 heteroatoms. The van der Waals surface area contributed by atoms with E-state index in [1.54, 1.807) is 0 Å². The van der Waals surface area contributed by atoms with Gasteiger partial charge in [-0.05, 0) is 31.7 Å². The maximum Gasteiger partial charge on any atom is 0.258 e. The van der Waals surface area contributed by atoms with Crippen molar-refractivity contribution in [2.24, 2.45) is 11.1 Å². The van der Waals surface area contributed by atoms with Gasteiger partial charge in [-0.2, -0.15) is 0 Å². The molecule has 2 aromatic rings. The molecule has 6 nitrogen and oxygen atoms in total. The Morgan fingerprint density at radius 3 is 2.78 bits per heavy atom. The predicted octanol–water partition coefficient (Wildman–Crippen LogP) is 2.46. The first-order chi connectivity index (χ1) is 10.3. The molecule has 2 aromatic heterocycles. The number of piperidine rings is 1. The monoisotopic (exact) mass is 338 g/mol. The molecule has 3 rings (SSSR count). The Labute approximate surface area is 141 Å². The third-order valence-electron chi connectivity index (χ3n) is 4.57. The van der Waals surface area contributed by atoms with Gasteiger partial charge in [-0.1, -0.05) is 19.0 Å². The van der Waals surface area contributed by atoms with Crippen LogP contribution in [0.15, 0.2) is 10.6 Å². The van der Waals surface area contributed by atoms with E-state index >= 15 is 0 Å². The van der Waals surface area contributed by atoms with E-state index in [4.69, 9.17) is 10.3 Å². The molecule has 1 saturated heterocycles. The van der Waals surface area contributed by atoms with Crippen LogP contribution in [0.3, 0.4) is 0 Å². The molecule has 0 radical (unpaired) electrons. The molecule has 1 atom stereocenters. The highest BCUT2D eigenvalue weighted by Gasteiger charge is 2.36. The Balaban J connectivity index is 0.00000192. The molecule has 0 aromatic carbocycles. The summed E-state index contributed by atoms with van der Waals surface area (Å²) in [5.74, 6) is 0.00164. The number of nitrogens with zero attached hydrogens (tertiary/aromatic N) is 3. The van der Waals surface area contributed by atoms with Gasteiger partial charge in [0.15, 0.2) is 0 Å². The van der Waals surface area contributed by atoms with Crippen LogP contribution in [0.1, 0.15) is 42.0 Å². The molecule has 2 N–H and O–H groups in total. The Morgan fingerprint density at radius 2 is 2.13 bits per heavy atom. The number of aryl methyl sites for hydroxylation is 2. The lowest BCUT2D eigenvalue weighted by molar-refractivity contribution is 0.0534. The summed E-state index contributed by atoms with van der Waals surface area (Å²) in [6, 6.07) is 1.93.